The topological polar surface area (TPSA) is 12.0 Å². The standard InChI is InChI=1S/C3H10NPS/c1-4-5(2,3)6/h1-3H3,(H,4,6). The lowest BCUT2D eigenvalue weighted by Crippen LogP contribution is -1.97. The minimum atomic E-state index is -1.06. The van der Waals surface area contributed by atoms with Gasteiger partial charge in [-0.3, -0.25) is 5.09 Å². The molecule has 0 amide bonds. The van der Waals surface area contributed by atoms with Gasteiger partial charge in [0, 0.05) is 6.19 Å². The Balaban J connectivity index is 3.48. The fourth-order valence-corrected chi connectivity index (χ4v) is 0. The van der Waals surface area contributed by atoms with Gasteiger partial charge in [0.2, 0.25) is 0 Å². The fourth-order valence-electron chi connectivity index (χ4n) is 0. The average molecular weight is 123 g/mol. The second-order valence-electron chi connectivity index (χ2n) is 1.57. The maximum absolute atomic E-state index is 4.99. The predicted molar refractivity (Wildman–Crippen MR) is 35.2 cm³/mol. The summed E-state index contributed by atoms with van der Waals surface area (Å²) in [6.07, 6.45) is -1.06. The highest BCUT2D eigenvalue weighted by molar-refractivity contribution is 8.12. The zero-order chi connectivity index (χ0) is 5.21. The molecule has 0 fully saturated rings. The van der Waals surface area contributed by atoms with Crippen LogP contribution in [0.3, 0.4) is 0 Å². The second-order valence-corrected chi connectivity index (χ2v) is 7.46. The highest BCUT2D eigenvalue weighted by Crippen LogP contribution is 2.28. The minimum Gasteiger partial charge on any atom is -0.292 e. The third-order valence-electron chi connectivity index (χ3n) is 0.539. The summed E-state index contributed by atoms with van der Waals surface area (Å²) in [4.78, 5) is 0. The minimum absolute atomic E-state index is 1.06. The predicted octanol–water partition coefficient (Wildman–Crippen LogP) is 0.860. The summed E-state index contributed by atoms with van der Waals surface area (Å²) < 4.78 is 0. The zero-order valence-corrected chi connectivity index (χ0v) is 6.07. The summed E-state index contributed by atoms with van der Waals surface area (Å²) in [6.45, 7) is 4.12. The van der Waals surface area contributed by atoms with Crippen molar-refractivity contribution in [1.29, 1.82) is 0 Å². The number of nitrogens with one attached hydrogen (secondary N) is 1. The number of rotatable bonds is 1. The van der Waals surface area contributed by atoms with Gasteiger partial charge in [0.1, 0.15) is 0 Å². The van der Waals surface area contributed by atoms with Gasteiger partial charge in [-0.2, -0.15) is 0 Å². The highest BCUT2D eigenvalue weighted by atomic mass is 32.4. The Morgan fingerprint density at radius 1 is 1.50 bits per heavy atom. The molecular formula is C3H10NPS. The van der Waals surface area contributed by atoms with Crippen LogP contribution < -0.4 is 5.09 Å². The Labute approximate surface area is 44.2 Å². The van der Waals surface area contributed by atoms with Crippen LogP contribution in [0.1, 0.15) is 0 Å². The lowest BCUT2D eigenvalue weighted by Gasteiger charge is -2.04. The molecule has 1 nitrogen and oxygen atoms in total. The molecule has 0 unspecified atom stereocenters. The van der Waals surface area contributed by atoms with Crippen molar-refractivity contribution >= 4 is 18.0 Å². The van der Waals surface area contributed by atoms with Gasteiger partial charge in [-0.25, -0.2) is 0 Å². The van der Waals surface area contributed by atoms with Crippen molar-refractivity contribution < 1.29 is 0 Å². The molecule has 0 heterocycles. The van der Waals surface area contributed by atoms with Gasteiger partial charge in [-0.05, 0) is 20.4 Å². The van der Waals surface area contributed by atoms with E-state index in [-0.39, 0.29) is 0 Å². The smallest absolute Gasteiger partial charge is 0.00626 e. The molecule has 0 rings (SSSR count). The molecule has 0 bridgehead atoms. The van der Waals surface area contributed by atoms with Gasteiger partial charge in [0.25, 0.3) is 0 Å². The Bertz CT molecular complexity index is 74.9. The van der Waals surface area contributed by atoms with Crippen molar-refractivity contribution in [2.75, 3.05) is 20.4 Å². The molecule has 0 aliphatic carbocycles. The Hall–Kier alpha value is 0.610. The van der Waals surface area contributed by atoms with Crippen LogP contribution in [0.15, 0.2) is 0 Å². The summed E-state index contributed by atoms with van der Waals surface area (Å²) in [5.41, 5.74) is 0. The quantitative estimate of drug-likeness (QED) is 0.519. The third kappa shape index (κ3) is 4.61. The van der Waals surface area contributed by atoms with Crippen molar-refractivity contribution in [3.8, 4) is 0 Å². The molecule has 0 aromatic heterocycles. The maximum atomic E-state index is 4.99. The molecule has 0 saturated carbocycles. The van der Waals surface area contributed by atoms with E-state index in [2.05, 4.69) is 18.4 Å². The van der Waals surface area contributed by atoms with E-state index in [1.54, 1.807) is 0 Å². The monoisotopic (exact) mass is 123 g/mol. The first kappa shape index (κ1) is 6.61. The molecule has 38 valence electrons. The summed E-state index contributed by atoms with van der Waals surface area (Å²) in [5, 5.41) is 3.03. The molecule has 0 radical (unpaired) electrons. The molecule has 3 heteroatoms. The zero-order valence-electron chi connectivity index (χ0n) is 4.36. The van der Waals surface area contributed by atoms with Crippen molar-refractivity contribution in [1.82, 2.24) is 5.09 Å². The van der Waals surface area contributed by atoms with Crippen LogP contribution in [-0.2, 0) is 11.8 Å². The van der Waals surface area contributed by atoms with Crippen LogP contribution in [0.5, 0.6) is 0 Å². The molecular weight excluding hydrogens is 113 g/mol. The van der Waals surface area contributed by atoms with Crippen LogP contribution in [0, 0.1) is 0 Å². The first-order valence-electron chi connectivity index (χ1n) is 1.80. The molecule has 0 atom stereocenters. The van der Waals surface area contributed by atoms with Crippen LogP contribution in [0.25, 0.3) is 0 Å². The van der Waals surface area contributed by atoms with E-state index < -0.39 is 6.19 Å². The van der Waals surface area contributed by atoms with E-state index in [1.165, 1.54) is 0 Å². The van der Waals surface area contributed by atoms with Crippen molar-refractivity contribution in [2.24, 2.45) is 0 Å². The van der Waals surface area contributed by atoms with E-state index in [4.69, 9.17) is 11.8 Å². The van der Waals surface area contributed by atoms with Crippen LogP contribution >= 0.6 is 6.19 Å². The molecule has 0 aliphatic rings. The average Bonchev–Trinajstić information content (AvgIpc) is 1.35. The number of hydrogen-bond acceptors (Lipinski definition) is 1. The van der Waals surface area contributed by atoms with Crippen LogP contribution in [-0.4, -0.2) is 20.4 Å². The van der Waals surface area contributed by atoms with Crippen molar-refractivity contribution in [3.63, 3.8) is 0 Å². The van der Waals surface area contributed by atoms with E-state index in [1.807, 2.05) is 7.05 Å². The maximum Gasteiger partial charge on any atom is 0.00626 e. The van der Waals surface area contributed by atoms with Crippen LogP contribution in [0.2, 0.25) is 0 Å². The second kappa shape index (κ2) is 2.06. The summed E-state index contributed by atoms with van der Waals surface area (Å²) >= 11 is 4.99. The molecule has 0 saturated heterocycles. The van der Waals surface area contributed by atoms with Crippen molar-refractivity contribution in [2.45, 2.75) is 0 Å². The van der Waals surface area contributed by atoms with Crippen molar-refractivity contribution in [3.05, 3.63) is 0 Å². The SMILES string of the molecule is CNP(C)(C)=S. The van der Waals surface area contributed by atoms with Gasteiger partial charge in [0.05, 0.1) is 0 Å². The van der Waals surface area contributed by atoms with E-state index in [0.29, 0.717) is 0 Å². The summed E-state index contributed by atoms with van der Waals surface area (Å²) in [6, 6.07) is 0. The van der Waals surface area contributed by atoms with Crippen LogP contribution in [0.4, 0.5) is 0 Å². The van der Waals surface area contributed by atoms with E-state index in [0.717, 1.165) is 0 Å². The van der Waals surface area contributed by atoms with E-state index >= 15 is 0 Å². The first-order chi connectivity index (χ1) is 2.56. The molecule has 0 spiro atoms. The van der Waals surface area contributed by atoms with Gasteiger partial charge >= 0.3 is 0 Å². The highest BCUT2D eigenvalue weighted by Gasteiger charge is 1.90. The Morgan fingerprint density at radius 2 is 1.67 bits per heavy atom. The van der Waals surface area contributed by atoms with Gasteiger partial charge in [-0.1, -0.05) is 11.8 Å². The fraction of sp³-hybridized carbons (Fsp3) is 1.00. The lowest BCUT2D eigenvalue weighted by molar-refractivity contribution is 1.27. The lowest BCUT2D eigenvalue weighted by atomic mass is 11.6. The molecule has 1 N–H and O–H groups in total. The third-order valence-corrected chi connectivity index (χ3v) is 2.16. The first-order valence-corrected chi connectivity index (χ1v) is 5.50. The molecule has 0 aliphatic heterocycles. The summed E-state index contributed by atoms with van der Waals surface area (Å²) in [5.74, 6) is 0. The van der Waals surface area contributed by atoms with Gasteiger partial charge < -0.3 is 0 Å². The van der Waals surface area contributed by atoms with Gasteiger partial charge in [-0.15, -0.1) is 0 Å². The normalized spacial score (nSPS) is 11.8. The summed E-state index contributed by atoms with van der Waals surface area (Å²) in [7, 11) is 1.90. The molecule has 0 aromatic carbocycles. The molecule has 0 aromatic rings. The Morgan fingerprint density at radius 3 is 1.67 bits per heavy atom. The van der Waals surface area contributed by atoms with Gasteiger partial charge in [0.15, 0.2) is 0 Å². The Kier molecular flexibility index (Phi) is 2.27. The molecule has 6 heavy (non-hydrogen) atoms. The van der Waals surface area contributed by atoms with E-state index in [9.17, 15) is 0 Å². The largest absolute Gasteiger partial charge is 0.292 e. The number of hydrogen-bond donors (Lipinski definition) is 1.